The van der Waals surface area contributed by atoms with E-state index in [0.29, 0.717) is 18.0 Å². The molecule has 6 rings (SSSR count). The predicted molar refractivity (Wildman–Crippen MR) is 109 cm³/mol. The number of likely N-dealkylation sites (tertiary alicyclic amines) is 1. The lowest BCUT2D eigenvalue weighted by Crippen LogP contribution is -2.59. The third-order valence-corrected chi connectivity index (χ3v) is 7.08. The zero-order valence-corrected chi connectivity index (χ0v) is 16.4. The zero-order valence-electron chi connectivity index (χ0n) is 16.4. The number of piperidine rings is 3. The molecule has 0 amide bonds. The molecule has 0 saturated carbocycles. The summed E-state index contributed by atoms with van der Waals surface area (Å²) in [6.07, 6.45) is 2.65. The summed E-state index contributed by atoms with van der Waals surface area (Å²) in [6, 6.07) is 20.3. The Morgan fingerprint density at radius 3 is 2.57 bits per heavy atom. The number of ether oxygens (including phenoxy) is 1. The number of rotatable bonds is 4. The second-order valence-electron chi connectivity index (χ2n) is 8.48. The molecule has 4 aliphatic heterocycles. The van der Waals surface area contributed by atoms with Gasteiger partial charge in [-0.15, -0.1) is 0 Å². The first-order valence-corrected chi connectivity index (χ1v) is 10.4. The van der Waals surface area contributed by atoms with Gasteiger partial charge in [0.2, 0.25) is 0 Å². The molecule has 0 aromatic heterocycles. The van der Waals surface area contributed by atoms with Crippen molar-refractivity contribution in [3.8, 4) is 11.8 Å². The molecule has 4 heterocycles. The van der Waals surface area contributed by atoms with Crippen molar-refractivity contribution in [3.63, 3.8) is 0 Å². The number of methoxy groups -OCH3 is 1. The van der Waals surface area contributed by atoms with E-state index in [1.54, 1.807) is 7.11 Å². The van der Waals surface area contributed by atoms with E-state index in [2.05, 4.69) is 52.3 Å². The van der Waals surface area contributed by atoms with Crippen LogP contribution in [0.3, 0.4) is 0 Å². The number of nitrogens with zero attached hydrogens (tertiary/aromatic N) is 3. The minimum Gasteiger partial charge on any atom is -0.497 e. The number of nitriles is 1. The van der Waals surface area contributed by atoms with E-state index in [-0.39, 0.29) is 0 Å². The highest BCUT2D eigenvalue weighted by atomic mass is 16.5. The molecule has 0 radical (unpaired) electrons. The fourth-order valence-electron chi connectivity index (χ4n) is 5.84. The van der Waals surface area contributed by atoms with Crippen molar-refractivity contribution >= 4 is 0 Å². The van der Waals surface area contributed by atoms with Gasteiger partial charge in [0.15, 0.2) is 0 Å². The van der Waals surface area contributed by atoms with Crippen LogP contribution < -0.4 is 4.74 Å². The second-order valence-corrected chi connectivity index (χ2v) is 8.48. The van der Waals surface area contributed by atoms with Gasteiger partial charge in [0, 0.05) is 31.1 Å². The molecule has 4 heteroatoms. The van der Waals surface area contributed by atoms with E-state index in [0.717, 1.165) is 30.3 Å². The minimum atomic E-state index is 0.540. The monoisotopic (exact) mass is 373 g/mol. The molecule has 0 aliphatic carbocycles. The molecule has 0 N–H and O–H groups in total. The standard InChI is InChI=1S/C24H27N3O/c1-28-21-7-5-19(6-8-21)22-16-27(15-18-4-2-3-17(13-18)14-25)23-20-9-11-26(12-10-20)24(22)23/h2-8,13,20,22-24H,9-12,15-16H2,1H3/t22-,23+,24+/m0/s1. The van der Waals surface area contributed by atoms with Gasteiger partial charge in [0.05, 0.1) is 18.7 Å². The van der Waals surface area contributed by atoms with Gasteiger partial charge >= 0.3 is 0 Å². The molecule has 4 fully saturated rings. The Morgan fingerprint density at radius 1 is 1.07 bits per heavy atom. The van der Waals surface area contributed by atoms with Crippen LogP contribution in [0.4, 0.5) is 0 Å². The quantitative estimate of drug-likeness (QED) is 0.820. The molecule has 144 valence electrons. The van der Waals surface area contributed by atoms with E-state index in [9.17, 15) is 5.26 Å². The normalized spacial score (nSPS) is 31.4. The van der Waals surface area contributed by atoms with E-state index in [4.69, 9.17) is 4.74 Å². The largest absolute Gasteiger partial charge is 0.497 e. The van der Waals surface area contributed by atoms with Crippen molar-refractivity contribution in [3.05, 3.63) is 65.2 Å². The zero-order chi connectivity index (χ0) is 19.1. The fraction of sp³-hybridized carbons (Fsp3) is 0.458. The van der Waals surface area contributed by atoms with Crippen LogP contribution in [0.1, 0.15) is 35.4 Å². The van der Waals surface area contributed by atoms with Crippen LogP contribution >= 0.6 is 0 Å². The van der Waals surface area contributed by atoms with Crippen LogP contribution in [0.2, 0.25) is 0 Å². The lowest BCUT2D eigenvalue weighted by molar-refractivity contribution is -0.00869. The summed E-state index contributed by atoms with van der Waals surface area (Å²) in [5.74, 6) is 2.27. The number of hydrogen-bond donors (Lipinski definition) is 0. The lowest BCUT2D eigenvalue weighted by Gasteiger charge is -2.51. The molecule has 0 spiro atoms. The summed E-state index contributed by atoms with van der Waals surface area (Å²) in [6.45, 7) is 4.52. The van der Waals surface area contributed by atoms with Crippen molar-refractivity contribution in [2.45, 2.75) is 37.4 Å². The molecule has 0 unspecified atom stereocenters. The smallest absolute Gasteiger partial charge is 0.118 e. The molecule has 2 aromatic rings. The van der Waals surface area contributed by atoms with E-state index >= 15 is 0 Å². The SMILES string of the molecule is COc1ccc([C@@H]2CN(Cc3cccc(C#N)c3)[C@@H]3C4CCN(CC4)[C@@H]32)cc1. The molecule has 4 saturated heterocycles. The predicted octanol–water partition coefficient (Wildman–Crippen LogP) is 3.63. The Kier molecular flexibility index (Phi) is 4.58. The van der Waals surface area contributed by atoms with Gasteiger partial charge in [-0.3, -0.25) is 9.80 Å². The van der Waals surface area contributed by atoms with Crippen molar-refractivity contribution in [1.29, 1.82) is 5.26 Å². The van der Waals surface area contributed by atoms with Crippen molar-refractivity contribution < 1.29 is 4.74 Å². The summed E-state index contributed by atoms with van der Waals surface area (Å²) in [7, 11) is 1.73. The number of hydrogen-bond acceptors (Lipinski definition) is 4. The summed E-state index contributed by atoms with van der Waals surface area (Å²) in [4.78, 5) is 5.44. The van der Waals surface area contributed by atoms with Crippen LogP contribution in [0.15, 0.2) is 48.5 Å². The number of benzene rings is 2. The minimum absolute atomic E-state index is 0.540. The first kappa shape index (κ1) is 17.7. The van der Waals surface area contributed by atoms with Gasteiger partial charge < -0.3 is 4.74 Å². The second kappa shape index (κ2) is 7.24. The van der Waals surface area contributed by atoms with E-state index in [1.807, 2.05) is 12.1 Å². The summed E-state index contributed by atoms with van der Waals surface area (Å²) in [5, 5.41) is 9.25. The first-order valence-electron chi connectivity index (χ1n) is 10.4. The summed E-state index contributed by atoms with van der Waals surface area (Å²) >= 11 is 0. The van der Waals surface area contributed by atoms with Crippen LogP contribution in [-0.4, -0.2) is 48.6 Å². The van der Waals surface area contributed by atoms with Gasteiger partial charge in [-0.2, -0.15) is 5.26 Å². The maximum atomic E-state index is 9.25. The van der Waals surface area contributed by atoms with Crippen LogP contribution in [-0.2, 0) is 6.54 Å². The Bertz CT molecular complexity index is 879. The summed E-state index contributed by atoms with van der Waals surface area (Å²) in [5.41, 5.74) is 3.44. The summed E-state index contributed by atoms with van der Waals surface area (Å²) < 4.78 is 5.36. The topological polar surface area (TPSA) is 39.5 Å². The maximum absolute atomic E-state index is 9.25. The van der Waals surface area contributed by atoms with Crippen LogP contribution in [0.5, 0.6) is 5.75 Å². The highest BCUT2D eigenvalue weighted by Crippen LogP contribution is 2.47. The Balaban J connectivity index is 1.45. The van der Waals surface area contributed by atoms with Gasteiger partial charge in [-0.05, 0) is 67.2 Å². The van der Waals surface area contributed by atoms with Gasteiger partial charge in [0.25, 0.3) is 0 Å². The lowest BCUT2D eigenvalue weighted by atomic mass is 9.75. The molecular formula is C24H27N3O. The average Bonchev–Trinajstić information content (AvgIpc) is 3.16. The van der Waals surface area contributed by atoms with E-state index in [1.165, 1.54) is 37.1 Å². The molecular weight excluding hydrogens is 346 g/mol. The Morgan fingerprint density at radius 2 is 1.86 bits per heavy atom. The van der Waals surface area contributed by atoms with Crippen LogP contribution in [0, 0.1) is 17.2 Å². The third kappa shape index (κ3) is 2.99. The molecule has 4 aliphatic rings. The highest BCUT2D eigenvalue weighted by Gasteiger charge is 2.53. The molecule has 3 atom stereocenters. The van der Waals surface area contributed by atoms with Gasteiger partial charge in [0.1, 0.15) is 5.75 Å². The van der Waals surface area contributed by atoms with Gasteiger partial charge in [-0.1, -0.05) is 24.3 Å². The fourth-order valence-corrected chi connectivity index (χ4v) is 5.84. The molecule has 28 heavy (non-hydrogen) atoms. The van der Waals surface area contributed by atoms with Gasteiger partial charge in [-0.25, -0.2) is 0 Å². The Labute approximate surface area is 167 Å². The number of fused-ring (bicyclic) bond motifs is 2. The van der Waals surface area contributed by atoms with Crippen LogP contribution in [0.25, 0.3) is 0 Å². The Hall–Kier alpha value is -2.35. The average molecular weight is 374 g/mol. The van der Waals surface area contributed by atoms with E-state index < -0.39 is 0 Å². The molecule has 2 bridgehead atoms. The first-order chi connectivity index (χ1) is 13.8. The van der Waals surface area contributed by atoms with Crippen molar-refractivity contribution in [1.82, 2.24) is 9.80 Å². The third-order valence-electron chi connectivity index (χ3n) is 7.08. The molecule has 2 aromatic carbocycles. The highest BCUT2D eigenvalue weighted by molar-refractivity contribution is 5.35. The van der Waals surface area contributed by atoms with Crippen molar-refractivity contribution in [2.24, 2.45) is 5.92 Å². The molecule has 4 nitrogen and oxygen atoms in total. The maximum Gasteiger partial charge on any atom is 0.118 e. The van der Waals surface area contributed by atoms with Crippen molar-refractivity contribution in [2.75, 3.05) is 26.7 Å².